The Labute approximate surface area is 137 Å². The lowest BCUT2D eigenvalue weighted by Gasteiger charge is -2.18. The lowest BCUT2D eigenvalue weighted by Crippen LogP contribution is -2.32. The second-order valence-electron chi connectivity index (χ2n) is 5.90. The summed E-state index contributed by atoms with van der Waals surface area (Å²) in [7, 11) is 0. The first-order chi connectivity index (χ1) is 9.69. The van der Waals surface area contributed by atoms with E-state index in [4.69, 9.17) is 4.74 Å². The Morgan fingerprint density at radius 1 is 1.15 bits per heavy atom. The third-order valence-electron chi connectivity index (χ3n) is 4.15. The molecule has 0 amide bonds. The maximum absolute atomic E-state index is 5.63. The van der Waals surface area contributed by atoms with Gasteiger partial charge in [-0.3, -0.25) is 0 Å². The fourth-order valence-electron chi connectivity index (χ4n) is 2.86. The van der Waals surface area contributed by atoms with Crippen LogP contribution in [0.15, 0.2) is 21.1 Å². The summed E-state index contributed by atoms with van der Waals surface area (Å²) in [5, 5.41) is 3.78. The molecule has 2 saturated carbocycles. The van der Waals surface area contributed by atoms with E-state index in [2.05, 4.69) is 49.3 Å². The number of hydrogen-bond donors (Lipinski definition) is 1. The van der Waals surface area contributed by atoms with E-state index in [1.807, 2.05) is 6.92 Å². The van der Waals surface area contributed by atoms with Crippen LogP contribution in [-0.4, -0.2) is 12.6 Å². The smallest absolute Gasteiger partial charge is 0.147 e. The van der Waals surface area contributed by atoms with Crippen molar-refractivity contribution in [1.29, 1.82) is 0 Å². The lowest BCUT2D eigenvalue weighted by molar-refractivity contribution is 0.335. The van der Waals surface area contributed by atoms with Gasteiger partial charge in [0.25, 0.3) is 0 Å². The van der Waals surface area contributed by atoms with Gasteiger partial charge >= 0.3 is 0 Å². The van der Waals surface area contributed by atoms with Gasteiger partial charge in [-0.05, 0) is 94.0 Å². The SMILES string of the molecule is CCOc1c(Br)cc(CNC(C2CC2)C2CC2)cc1Br. The van der Waals surface area contributed by atoms with Crippen molar-refractivity contribution in [1.82, 2.24) is 5.32 Å². The molecule has 3 rings (SSSR count). The third-order valence-corrected chi connectivity index (χ3v) is 5.33. The Morgan fingerprint density at radius 3 is 2.15 bits per heavy atom. The molecule has 0 radical (unpaired) electrons. The van der Waals surface area contributed by atoms with Gasteiger partial charge in [-0.15, -0.1) is 0 Å². The predicted molar refractivity (Wildman–Crippen MR) is 89.1 cm³/mol. The van der Waals surface area contributed by atoms with Crippen LogP contribution in [0.4, 0.5) is 0 Å². The van der Waals surface area contributed by atoms with E-state index in [0.717, 1.165) is 39.1 Å². The number of hydrogen-bond acceptors (Lipinski definition) is 2. The molecule has 2 fully saturated rings. The minimum atomic E-state index is 0.681. The number of ether oxygens (including phenoxy) is 1. The molecular formula is C16H21Br2NO. The van der Waals surface area contributed by atoms with Gasteiger partial charge in [0.05, 0.1) is 15.6 Å². The van der Waals surface area contributed by atoms with Crippen molar-refractivity contribution in [2.45, 2.75) is 45.2 Å². The minimum absolute atomic E-state index is 0.681. The standard InChI is InChI=1S/C16H21Br2NO/c1-2-20-16-13(17)7-10(8-14(16)18)9-19-15(11-3-4-11)12-5-6-12/h7-8,11-12,15,19H,2-6,9H2,1H3. The molecule has 20 heavy (non-hydrogen) atoms. The van der Waals surface area contributed by atoms with Crippen molar-refractivity contribution in [2.75, 3.05) is 6.61 Å². The summed E-state index contributed by atoms with van der Waals surface area (Å²) in [6.45, 7) is 3.63. The molecule has 0 unspecified atom stereocenters. The van der Waals surface area contributed by atoms with Crippen LogP contribution in [0, 0.1) is 11.8 Å². The quantitative estimate of drug-likeness (QED) is 0.700. The van der Waals surface area contributed by atoms with Crippen molar-refractivity contribution in [3.63, 3.8) is 0 Å². The summed E-state index contributed by atoms with van der Waals surface area (Å²) in [5.41, 5.74) is 1.30. The average Bonchev–Trinajstić information content (AvgIpc) is 3.25. The van der Waals surface area contributed by atoms with Crippen LogP contribution < -0.4 is 10.1 Å². The molecule has 0 bridgehead atoms. The van der Waals surface area contributed by atoms with Crippen LogP contribution in [0.3, 0.4) is 0 Å². The summed E-state index contributed by atoms with van der Waals surface area (Å²) in [6, 6.07) is 5.08. The van der Waals surface area contributed by atoms with Crippen LogP contribution in [-0.2, 0) is 6.54 Å². The van der Waals surface area contributed by atoms with Crippen molar-refractivity contribution in [3.8, 4) is 5.75 Å². The van der Waals surface area contributed by atoms with Crippen LogP contribution in [0.2, 0.25) is 0 Å². The first-order valence-corrected chi connectivity index (χ1v) is 9.11. The van der Waals surface area contributed by atoms with E-state index >= 15 is 0 Å². The predicted octanol–water partition coefficient (Wildman–Crippen LogP) is 4.89. The van der Waals surface area contributed by atoms with Gasteiger partial charge < -0.3 is 10.1 Å². The van der Waals surface area contributed by atoms with E-state index < -0.39 is 0 Å². The molecule has 2 nitrogen and oxygen atoms in total. The molecule has 0 spiro atoms. The number of benzene rings is 1. The highest BCUT2D eigenvalue weighted by Crippen LogP contribution is 2.44. The lowest BCUT2D eigenvalue weighted by atomic mass is 10.1. The highest BCUT2D eigenvalue weighted by atomic mass is 79.9. The Morgan fingerprint density at radius 2 is 1.70 bits per heavy atom. The summed E-state index contributed by atoms with van der Waals surface area (Å²) >= 11 is 7.21. The molecule has 0 saturated heterocycles. The van der Waals surface area contributed by atoms with Crippen LogP contribution in [0.1, 0.15) is 38.2 Å². The van der Waals surface area contributed by atoms with E-state index in [-0.39, 0.29) is 0 Å². The second kappa shape index (κ2) is 6.37. The molecule has 2 aliphatic carbocycles. The molecule has 0 aliphatic heterocycles. The maximum Gasteiger partial charge on any atom is 0.147 e. The molecule has 1 aromatic rings. The van der Waals surface area contributed by atoms with Crippen molar-refractivity contribution >= 4 is 31.9 Å². The molecule has 110 valence electrons. The first kappa shape index (κ1) is 14.9. The van der Waals surface area contributed by atoms with Crippen molar-refractivity contribution in [2.24, 2.45) is 11.8 Å². The summed E-state index contributed by atoms with van der Waals surface area (Å²) in [4.78, 5) is 0. The Kier molecular flexibility index (Phi) is 4.73. The van der Waals surface area contributed by atoms with Gasteiger partial charge in [-0.25, -0.2) is 0 Å². The topological polar surface area (TPSA) is 21.3 Å². The molecule has 0 atom stereocenters. The highest BCUT2D eigenvalue weighted by molar-refractivity contribution is 9.11. The summed E-state index contributed by atoms with van der Waals surface area (Å²) < 4.78 is 7.69. The molecule has 0 aromatic heterocycles. The number of nitrogens with one attached hydrogen (secondary N) is 1. The van der Waals surface area contributed by atoms with Crippen molar-refractivity contribution < 1.29 is 4.74 Å². The van der Waals surface area contributed by atoms with Gasteiger partial charge in [-0.2, -0.15) is 0 Å². The molecule has 4 heteroatoms. The van der Waals surface area contributed by atoms with Crippen LogP contribution in [0.5, 0.6) is 5.75 Å². The van der Waals surface area contributed by atoms with Crippen LogP contribution in [0.25, 0.3) is 0 Å². The zero-order valence-electron chi connectivity index (χ0n) is 11.8. The average molecular weight is 403 g/mol. The number of halogens is 2. The third kappa shape index (κ3) is 3.58. The zero-order chi connectivity index (χ0) is 14.1. The normalized spacial score (nSPS) is 18.6. The van der Waals surface area contributed by atoms with Gasteiger partial charge in [-0.1, -0.05) is 0 Å². The largest absolute Gasteiger partial charge is 0.492 e. The van der Waals surface area contributed by atoms with Crippen molar-refractivity contribution in [3.05, 3.63) is 26.6 Å². The molecule has 2 aliphatic rings. The minimum Gasteiger partial charge on any atom is -0.492 e. The zero-order valence-corrected chi connectivity index (χ0v) is 15.0. The first-order valence-electron chi connectivity index (χ1n) is 7.53. The monoisotopic (exact) mass is 401 g/mol. The van der Waals surface area contributed by atoms with E-state index in [1.54, 1.807) is 0 Å². The maximum atomic E-state index is 5.63. The Bertz CT molecular complexity index is 448. The van der Waals surface area contributed by atoms with Gasteiger partial charge in [0.15, 0.2) is 0 Å². The van der Waals surface area contributed by atoms with Gasteiger partial charge in [0.1, 0.15) is 5.75 Å². The molecule has 0 heterocycles. The van der Waals surface area contributed by atoms with E-state index in [0.29, 0.717) is 6.61 Å². The molecule has 1 aromatic carbocycles. The second-order valence-corrected chi connectivity index (χ2v) is 7.61. The fourth-order valence-corrected chi connectivity index (χ4v) is 4.37. The Hall–Kier alpha value is -0.0600. The highest BCUT2D eigenvalue weighted by Gasteiger charge is 2.40. The van der Waals surface area contributed by atoms with E-state index in [1.165, 1.54) is 31.2 Å². The number of rotatable bonds is 7. The van der Waals surface area contributed by atoms with Gasteiger partial charge in [0.2, 0.25) is 0 Å². The Balaban J connectivity index is 1.64. The van der Waals surface area contributed by atoms with E-state index in [9.17, 15) is 0 Å². The summed E-state index contributed by atoms with van der Waals surface area (Å²) in [6.07, 6.45) is 5.69. The van der Waals surface area contributed by atoms with Crippen LogP contribution >= 0.6 is 31.9 Å². The molecular weight excluding hydrogens is 382 g/mol. The van der Waals surface area contributed by atoms with Gasteiger partial charge in [0, 0.05) is 12.6 Å². The summed E-state index contributed by atoms with van der Waals surface area (Å²) in [5.74, 6) is 2.78. The molecule has 1 N–H and O–H groups in total. The fraction of sp³-hybridized carbons (Fsp3) is 0.625.